The van der Waals surface area contributed by atoms with E-state index >= 15 is 0 Å². The third-order valence-corrected chi connectivity index (χ3v) is 4.55. The minimum absolute atomic E-state index is 0.0470. The molecule has 4 aromatic rings. The average Bonchev–Trinajstić information content (AvgIpc) is 3.14. The van der Waals surface area contributed by atoms with Crippen molar-refractivity contribution >= 4 is 22.7 Å². The van der Waals surface area contributed by atoms with Crippen molar-refractivity contribution < 1.29 is 9.85 Å². The van der Waals surface area contributed by atoms with E-state index in [1.54, 1.807) is 30.3 Å². The highest BCUT2D eigenvalue weighted by Crippen LogP contribution is 2.30. The fourth-order valence-electron chi connectivity index (χ4n) is 3.01. The molecule has 158 valence electrons. The van der Waals surface area contributed by atoms with E-state index in [1.807, 2.05) is 0 Å². The van der Waals surface area contributed by atoms with Crippen molar-refractivity contribution in [2.75, 3.05) is 0 Å². The highest BCUT2D eigenvalue weighted by molar-refractivity contribution is 5.72. The maximum absolute atomic E-state index is 13.1. The van der Waals surface area contributed by atoms with E-state index in [9.17, 15) is 25.0 Å². The summed E-state index contributed by atoms with van der Waals surface area (Å²) in [5.41, 5.74) is 0.718. The Balaban J connectivity index is 1.83. The van der Waals surface area contributed by atoms with Gasteiger partial charge in [-0.2, -0.15) is 5.11 Å². The molecule has 4 rings (SSSR count). The first-order valence-electron chi connectivity index (χ1n) is 9.25. The molecule has 32 heavy (non-hydrogen) atoms. The van der Waals surface area contributed by atoms with E-state index in [0.717, 1.165) is 0 Å². The van der Waals surface area contributed by atoms with E-state index < -0.39 is 15.4 Å². The molecule has 0 spiro atoms. The molecular weight excluding hydrogens is 416 g/mol. The summed E-state index contributed by atoms with van der Waals surface area (Å²) in [6.07, 6.45) is 0. The van der Waals surface area contributed by atoms with Gasteiger partial charge in [0.15, 0.2) is 5.69 Å². The van der Waals surface area contributed by atoms with Crippen molar-refractivity contribution in [3.05, 3.63) is 109 Å². The number of rotatable bonds is 6. The van der Waals surface area contributed by atoms with E-state index in [2.05, 4.69) is 15.3 Å². The molecule has 3 aromatic carbocycles. The van der Waals surface area contributed by atoms with Gasteiger partial charge in [0.1, 0.15) is 0 Å². The van der Waals surface area contributed by atoms with Gasteiger partial charge in [0, 0.05) is 29.8 Å². The van der Waals surface area contributed by atoms with Crippen molar-refractivity contribution in [1.82, 2.24) is 9.78 Å². The lowest BCUT2D eigenvalue weighted by Crippen LogP contribution is -2.13. The maximum Gasteiger partial charge on any atom is 0.299 e. The second kappa shape index (κ2) is 8.44. The van der Waals surface area contributed by atoms with Crippen LogP contribution in [0.3, 0.4) is 0 Å². The zero-order valence-corrected chi connectivity index (χ0v) is 16.3. The first kappa shape index (κ1) is 20.3. The number of aromatic amines is 1. The Bertz CT molecular complexity index is 1390. The summed E-state index contributed by atoms with van der Waals surface area (Å²) in [6.45, 7) is 0. The lowest BCUT2D eigenvalue weighted by molar-refractivity contribution is -0.385. The van der Waals surface area contributed by atoms with Crippen LogP contribution in [0.15, 0.2) is 93.9 Å². The Morgan fingerprint density at radius 1 is 0.781 bits per heavy atom. The minimum Gasteiger partial charge on any atom is -0.288 e. The van der Waals surface area contributed by atoms with Gasteiger partial charge < -0.3 is 0 Å². The molecule has 0 radical (unpaired) electrons. The van der Waals surface area contributed by atoms with E-state index in [1.165, 1.54) is 53.2 Å². The summed E-state index contributed by atoms with van der Waals surface area (Å²) in [4.78, 5) is 34.0. The van der Waals surface area contributed by atoms with Gasteiger partial charge >= 0.3 is 0 Å². The van der Waals surface area contributed by atoms with E-state index in [0.29, 0.717) is 16.9 Å². The number of para-hydroxylation sites is 1. The molecule has 1 heterocycles. The van der Waals surface area contributed by atoms with Crippen LogP contribution in [0.5, 0.6) is 0 Å². The normalized spacial score (nSPS) is 11.0. The van der Waals surface area contributed by atoms with E-state index in [4.69, 9.17) is 0 Å². The number of nitrogens with zero attached hydrogens (tertiary/aromatic N) is 5. The van der Waals surface area contributed by atoms with Crippen molar-refractivity contribution in [2.24, 2.45) is 10.2 Å². The van der Waals surface area contributed by atoms with Gasteiger partial charge in [0.05, 0.1) is 26.9 Å². The lowest BCUT2D eigenvalue weighted by Gasteiger charge is -2.01. The Morgan fingerprint density at radius 2 is 1.47 bits per heavy atom. The Hall–Kier alpha value is -4.93. The molecule has 0 atom stereocenters. The molecule has 0 saturated heterocycles. The van der Waals surface area contributed by atoms with Gasteiger partial charge in [-0.25, -0.2) is 4.68 Å². The molecule has 0 bridgehead atoms. The van der Waals surface area contributed by atoms with Crippen LogP contribution in [0.1, 0.15) is 0 Å². The predicted octanol–water partition coefficient (Wildman–Crippen LogP) is 5.06. The molecular formula is C21H14N6O5. The highest BCUT2D eigenvalue weighted by Gasteiger charge is 2.18. The standard InChI is InChI=1S/C21H14N6O5/c28-21-20(23-22-15-5-4-8-18(13-15)27(31)32)19(14-9-11-17(12-10-14)26(29)30)24-25(21)16-6-2-1-3-7-16/h1-13,24H. The number of H-pyrrole nitrogens is 1. The van der Waals surface area contributed by atoms with Crippen LogP contribution < -0.4 is 5.56 Å². The lowest BCUT2D eigenvalue weighted by atomic mass is 10.1. The largest absolute Gasteiger partial charge is 0.299 e. The Morgan fingerprint density at radius 3 is 2.12 bits per heavy atom. The Kier molecular flexibility index (Phi) is 5.36. The number of non-ortho nitro benzene ring substituents is 2. The van der Waals surface area contributed by atoms with Crippen LogP contribution in [-0.2, 0) is 0 Å². The smallest absolute Gasteiger partial charge is 0.288 e. The third kappa shape index (κ3) is 4.03. The SMILES string of the molecule is O=c1c(N=Nc2cccc([N+](=O)[O-])c2)c(-c2ccc([N+](=O)[O-])cc2)[nH]n1-c1ccccc1. The summed E-state index contributed by atoms with van der Waals surface area (Å²) in [5.74, 6) is 0. The van der Waals surface area contributed by atoms with Gasteiger partial charge in [-0.05, 0) is 30.3 Å². The summed E-state index contributed by atoms with van der Waals surface area (Å²) < 4.78 is 1.28. The number of benzene rings is 3. The number of hydrogen-bond acceptors (Lipinski definition) is 7. The summed E-state index contributed by atoms with van der Waals surface area (Å²) in [7, 11) is 0. The van der Waals surface area contributed by atoms with Gasteiger partial charge in [-0.1, -0.05) is 24.3 Å². The quantitative estimate of drug-likeness (QED) is 0.258. The van der Waals surface area contributed by atoms with Gasteiger partial charge in [-0.15, -0.1) is 5.11 Å². The van der Waals surface area contributed by atoms with Crippen molar-refractivity contribution in [1.29, 1.82) is 0 Å². The number of aromatic nitrogens is 2. The fraction of sp³-hybridized carbons (Fsp3) is 0. The fourth-order valence-corrected chi connectivity index (χ4v) is 3.01. The molecule has 0 aliphatic rings. The van der Waals surface area contributed by atoms with Crippen LogP contribution >= 0.6 is 0 Å². The molecule has 1 N–H and O–H groups in total. The molecule has 0 amide bonds. The number of nitro groups is 2. The van der Waals surface area contributed by atoms with Crippen molar-refractivity contribution in [2.45, 2.75) is 0 Å². The summed E-state index contributed by atoms with van der Waals surface area (Å²) >= 11 is 0. The van der Waals surface area contributed by atoms with Gasteiger partial charge in [-0.3, -0.25) is 30.1 Å². The highest BCUT2D eigenvalue weighted by atomic mass is 16.6. The molecule has 11 heteroatoms. The molecule has 0 saturated carbocycles. The zero-order valence-electron chi connectivity index (χ0n) is 16.3. The van der Waals surface area contributed by atoms with Crippen LogP contribution in [0.4, 0.5) is 22.7 Å². The van der Waals surface area contributed by atoms with Gasteiger partial charge in [0.25, 0.3) is 16.9 Å². The van der Waals surface area contributed by atoms with Gasteiger partial charge in [0.2, 0.25) is 0 Å². The van der Waals surface area contributed by atoms with Crippen LogP contribution in [0.2, 0.25) is 0 Å². The van der Waals surface area contributed by atoms with Crippen LogP contribution in [0, 0.1) is 20.2 Å². The zero-order chi connectivity index (χ0) is 22.7. The Labute approximate surface area is 179 Å². The second-order valence-electron chi connectivity index (χ2n) is 6.59. The van der Waals surface area contributed by atoms with Crippen molar-refractivity contribution in [3.8, 4) is 16.9 Å². The number of nitro benzene ring substituents is 2. The molecule has 0 unspecified atom stereocenters. The van der Waals surface area contributed by atoms with Crippen molar-refractivity contribution in [3.63, 3.8) is 0 Å². The predicted molar refractivity (Wildman–Crippen MR) is 116 cm³/mol. The van der Waals surface area contributed by atoms with Crippen LogP contribution in [0.25, 0.3) is 16.9 Å². The van der Waals surface area contributed by atoms with Crippen LogP contribution in [-0.4, -0.2) is 19.6 Å². The van der Waals surface area contributed by atoms with E-state index in [-0.39, 0.29) is 22.7 Å². The third-order valence-electron chi connectivity index (χ3n) is 4.55. The monoisotopic (exact) mass is 430 g/mol. The maximum atomic E-state index is 13.1. The first-order valence-corrected chi connectivity index (χ1v) is 9.25. The second-order valence-corrected chi connectivity index (χ2v) is 6.59. The molecule has 11 nitrogen and oxygen atoms in total. The average molecular weight is 430 g/mol. The minimum atomic E-state index is -0.556. The molecule has 1 aromatic heterocycles. The molecule has 0 aliphatic heterocycles. The molecule has 0 aliphatic carbocycles. The first-order chi connectivity index (χ1) is 15.4. The summed E-state index contributed by atoms with van der Waals surface area (Å²) in [5, 5.41) is 33.0. The number of azo groups is 1. The number of nitrogens with one attached hydrogen (secondary N) is 1. The molecule has 0 fully saturated rings. The number of hydrogen-bond donors (Lipinski definition) is 1. The topological polar surface area (TPSA) is 149 Å². The summed E-state index contributed by atoms with van der Waals surface area (Å²) in [6, 6.07) is 19.9.